The fourth-order valence-electron chi connectivity index (χ4n) is 1.42. The zero-order valence-corrected chi connectivity index (χ0v) is 9.73. The van der Waals surface area contributed by atoms with Gasteiger partial charge in [0.05, 0.1) is 24.5 Å². The van der Waals surface area contributed by atoms with Gasteiger partial charge >= 0.3 is 0 Å². The highest BCUT2D eigenvalue weighted by atomic mass is 16.5. The molecule has 0 amide bonds. The van der Waals surface area contributed by atoms with Crippen LogP contribution < -0.4 is 5.32 Å². The molecule has 0 aromatic carbocycles. The van der Waals surface area contributed by atoms with Crippen LogP contribution in [0.3, 0.4) is 0 Å². The highest BCUT2D eigenvalue weighted by molar-refractivity contribution is 5.01. The molecule has 0 aliphatic rings. The summed E-state index contributed by atoms with van der Waals surface area (Å²) in [7, 11) is 1.90. The number of rotatable bonds is 7. The summed E-state index contributed by atoms with van der Waals surface area (Å²) < 4.78 is 7.22. The summed E-state index contributed by atoms with van der Waals surface area (Å²) in [6.45, 7) is 6.51. The minimum absolute atomic E-state index is 0.185. The molecule has 5 heteroatoms. The fraction of sp³-hybridized carbons (Fsp3) is 0.800. The van der Waals surface area contributed by atoms with Gasteiger partial charge in [-0.2, -0.15) is 0 Å². The lowest BCUT2D eigenvalue weighted by molar-refractivity contribution is 0.120. The number of nitrogens with zero attached hydrogens (tertiary/aromatic N) is 3. The molecule has 1 aromatic rings. The third-order valence-electron chi connectivity index (χ3n) is 2.24. The van der Waals surface area contributed by atoms with E-state index in [9.17, 15) is 0 Å². The Morgan fingerprint density at radius 1 is 1.53 bits per heavy atom. The minimum Gasteiger partial charge on any atom is -0.380 e. The lowest BCUT2D eigenvalue weighted by Gasteiger charge is -2.17. The molecule has 1 heterocycles. The third-order valence-corrected chi connectivity index (χ3v) is 2.24. The Morgan fingerprint density at radius 2 is 2.33 bits per heavy atom. The van der Waals surface area contributed by atoms with Crippen LogP contribution in [-0.2, 0) is 11.8 Å². The molecule has 1 N–H and O–H groups in total. The average molecular weight is 212 g/mol. The molecule has 0 aliphatic heterocycles. The van der Waals surface area contributed by atoms with E-state index in [1.54, 1.807) is 10.9 Å². The predicted molar refractivity (Wildman–Crippen MR) is 58.5 cm³/mol. The van der Waals surface area contributed by atoms with Crippen LogP contribution in [0.2, 0.25) is 0 Å². The van der Waals surface area contributed by atoms with Crippen molar-refractivity contribution < 1.29 is 4.74 Å². The van der Waals surface area contributed by atoms with Crippen molar-refractivity contribution in [2.45, 2.75) is 26.3 Å². The van der Waals surface area contributed by atoms with Gasteiger partial charge in [-0.05, 0) is 19.9 Å². The molecule has 0 radical (unpaired) electrons. The van der Waals surface area contributed by atoms with Crippen LogP contribution in [0.5, 0.6) is 0 Å². The first-order valence-corrected chi connectivity index (χ1v) is 5.45. The molecule has 0 saturated heterocycles. The number of aromatic nitrogens is 3. The Bertz CT molecular complexity index is 266. The highest BCUT2D eigenvalue weighted by Gasteiger charge is 2.14. The number of nitrogens with one attached hydrogen (secondary N) is 1. The van der Waals surface area contributed by atoms with Gasteiger partial charge in [0.15, 0.2) is 0 Å². The number of ether oxygens (including phenoxy) is 1. The van der Waals surface area contributed by atoms with Gasteiger partial charge in [-0.25, -0.2) is 0 Å². The molecule has 5 nitrogen and oxygen atoms in total. The van der Waals surface area contributed by atoms with Gasteiger partial charge in [0.25, 0.3) is 0 Å². The standard InChI is InChI=1S/C10H20N4O/c1-4-6-11-9(8-15-5-2)10-7-12-13-14(10)3/h7,9,11H,4-6,8H2,1-3H3. The van der Waals surface area contributed by atoms with Crippen molar-refractivity contribution in [3.05, 3.63) is 11.9 Å². The van der Waals surface area contributed by atoms with Gasteiger partial charge in [-0.1, -0.05) is 12.1 Å². The molecule has 0 fully saturated rings. The smallest absolute Gasteiger partial charge is 0.0776 e. The Labute approximate surface area is 90.8 Å². The van der Waals surface area contributed by atoms with E-state index < -0.39 is 0 Å². The maximum Gasteiger partial charge on any atom is 0.0776 e. The van der Waals surface area contributed by atoms with Gasteiger partial charge in [0, 0.05) is 13.7 Å². The summed E-state index contributed by atoms with van der Waals surface area (Å²) in [6, 6.07) is 0.185. The van der Waals surface area contributed by atoms with E-state index in [1.807, 2.05) is 14.0 Å². The van der Waals surface area contributed by atoms with E-state index in [4.69, 9.17) is 4.74 Å². The maximum absolute atomic E-state index is 5.44. The van der Waals surface area contributed by atoms with Gasteiger partial charge in [-0.15, -0.1) is 5.10 Å². The molecular weight excluding hydrogens is 192 g/mol. The first-order valence-electron chi connectivity index (χ1n) is 5.45. The second-order valence-electron chi connectivity index (χ2n) is 3.45. The van der Waals surface area contributed by atoms with Crippen molar-refractivity contribution in [2.24, 2.45) is 7.05 Å². The number of hydrogen-bond acceptors (Lipinski definition) is 4. The molecule has 1 rings (SSSR count). The topological polar surface area (TPSA) is 52.0 Å². The number of hydrogen-bond donors (Lipinski definition) is 1. The van der Waals surface area contributed by atoms with E-state index in [1.165, 1.54) is 0 Å². The van der Waals surface area contributed by atoms with Crippen molar-refractivity contribution >= 4 is 0 Å². The monoisotopic (exact) mass is 212 g/mol. The van der Waals surface area contributed by atoms with Crippen LogP contribution in [0.25, 0.3) is 0 Å². The third kappa shape index (κ3) is 3.60. The minimum atomic E-state index is 0.185. The molecule has 0 saturated carbocycles. The van der Waals surface area contributed by atoms with E-state index in [2.05, 4.69) is 22.6 Å². The van der Waals surface area contributed by atoms with Crippen LogP contribution in [0.4, 0.5) is 0 Å². The van der Waals surface area contributed by atoms with E-state index in [0.717, 1.165) is 25.3 Å². The van der Waals surface area contributed by atoms with E-state index in [-0.39, 0.29) is 6.04 Å². The normalized spacial score (nSPS) is 13.0. The Kier molecular flexibility index (Phi) is 5.28. The van der Waals surface area contributed by atoms with Crippen molar-refractivity contribution in [3.8, 4) is 0 Å². The summed E-state index contributed by atoms with van der Waals surface area (Å²) in [5.74, 6) is 0. The Morgan fingerprint density at radius 3 is 2.87 bits per heavy atom. The van der Waals surface area contributed by atoms with Gasteiger partial charge in [0.2, 0.25) is 0 Å². The zero-order valence-electron chi connectivity index (χ0n) is 9.73. The molecule has 1 atom stereocenters. The van der Waals surface area contributed by atoms with E-state index in [0.29, 0.717) is 6.61 Å². The van der Waals surface area contributed by atoms with E-state index >= 15 is 0 Å². The first-order chi connectivity index (χ1) is 7.29. The van der Waals surface area contributed by atoms with Gasteiger partial charge < -0.3 is 10.1 Å². The van der Waals surface area contributed by atoms with Crippen molar-refractivity contribution in [3.63, 3.8) is 0 Å². The largest absolute Gasteiger partial charge is 0.380 e. The second-order valence-corrected chi connectivity index (χ2v) is 3.45. The molecule has 0 aliphatic carbocycles. The molecule has 86 valence electrons. The van der Waals surface area contributed by atoms with Crippen molar-refractivity contribution in [1.29, 1.82) is 0 Å². The highest BCUT2D eigenvalue weighted by Crippen LogP contribution is 2.10. The molecule has 0 bridgehead atoms. The summed E-state index contributed by atoms with van der Waals surface area (Å²) in [4.78, 5) is 0. The van der Waals surface area contributed by atoms with Gasteiger partial charge in [0.1, 0.15) is 0 Å². The summed E-state index contributed by atoms with van der Waals surface area (Å²) in [6.07, 6.45) is 2.89. The summed E-state index contributed by atoms with van der Waals surface area (Å²) in [5, 5.41) is 11.2. The SMILES string of the molecule is CCCNC(COCC)c1cnnn1C. The Balaban J connectivity index is 2.58. The summed E-state index contributed by atoms with van der Waals surface area (Å²) >= 11 is 0. The lowest BCUT2D eigenvalue weighted by Crippen LogP contribution is -2.28. The second kappa shape index (κ2) is 6.53. The molecular formula is C10H20N4O. The van der Waals surface area contributed by atoms with Crippen molar-refractivity contribution in [2.75, 3.05) is 19.8 Å². The molecule has 1 unspecified atom stereocenters. The molecule has 15 heavy (non-hydrogen) atoms. The number of aryl methyl sites for hydroxylation is 1. The average Bonchev–Trinajstić information content (AvgIpc) is 2.65. The van der Waals surface area contributed by atoms with Crippen LogP contribution in [0, 0.1) is 0 Å². The van der Waals surface area contributed by atoms with Crippen LogP contribution in [-0.4, -0.2) is 34.8 Å². The zero-order chi connectivity index (χ0) is 11.1. The maximum atomic E-state index is 5.44. The molecule has 1 aromatic heterocycles. The first kappa shape index (κ1) is 12.1. The van der Waals surface area contributed by atoms with Gasteiger partial charge in [-0.3, -0.25) is 4.68 Å². The van der Waals surface area contributed by atoms with Crippen molar-refractivity contribution in [1.82, 2.24) is 20.3 Å². The lowest BCUT2D eigenvalue weighted by atomic mass is 10.2. The van der Waals surface area contributed by atoms with Crippen LogP contribution in [0.1, 0.15) is 32.0 Å². The summed E-state index contributed by atoms with van der Waals surface area (Å²) in [5.41, 5.74) is 1.07. The Hall–Kier alpha value is -0.940. The predicted octanol–water partition coefficient (Wildman–Crippen LogP) is 0.892. The molecule has 0 spiro atoms. The van der Waals surface area contributed by atoms with Crippen LogP contribution >= 0.6 is 0 Å². The quantitative estimate of drug-likeness (QED) is 0.729. The van der Waals surface area contributed by atoms with Crippen LogP contribution in [0.15, 0.2) is 6.20 Å². The fourth-order valence-corrected chi connectivity index (χ4v) is 1.42.